The van der Waals surface area contributed by atoms with Gasteiger partial charge in [0.2, 0.25) is 5.91 Å². The summed E-state index contributed by atoms with van der Waals surface area (Å²) in [7, 11) is 2.03. The zero-order chi connectivity index (χ0) is 30.7. The van der Waals surface area contributed by atoms with Crippen LogP contribution in [0.3, 0.4) is 0 Å². The molecule has 4 heterocycles. The van der Waals surface area contributed by atoms with Gasteiger partial charge in [0, 0.05) is 37.8 Å². The Labute approximate surface area is 248 Å². The van der Waals surface area contributed by atoms with Gasteiger partial charge in [0.15, 0.2) is 0 Å². The lowest BCUT2D eigenvalue weighted by molar-refractivity contribution is -0.139. The number of piperazine rings is 1. The van der Waals surface area contributed by atoms with Gasteiger partial charge < -0.3 is 24.3 Å². The van der Waals surface area contributed by atoms with Crippen molar-refractivity contribution < 1.29 is 27.1 Å². The van der Waals surface area contributed by atoms with E-state index in [0.29, 0.717) is 50.6 Å². The zero-order valence-corrected chi connectivity index (χ0v) is 24.1. The normalized spacial score (nSPS) is 21.3. The topological polar surface area (TPSA) is 88.8 Å². The van der Waals surface area contributed by atoms with Gasteiger partial charge in [-0.3, -0.25) is 4.79 Å². The molecule has 2 atom stereocenters. The number of anilines is 2. The number of nitriles is 1. The average Bonchev–Trinajstić information content (AvgIpc) is 3.26. The molecule has 1 aromatic heterocycles. The molecule has 3 aliphatic heterocycles. The summed E-state index contributed by atoms with van der Waals surface area (Å²) in [5.74, 6) is -0.985. The SMILES string of the molecule is C=CC(=O)N1CCN(c2nc(OC[C@@H]3CCCN3C)nc3c2CCCN(c2cccc(F)c2C(F)(F)F)C3)C[C@@H]1CC#N. The maximum atomic E-state index is 14.5. The number of likely N-dealkylation sites (tertiary alicyclic amines) is 1. The number of hydrogen-bond acceptors (Lipinski definition) is 8. The van der Waals surface area contributed by atoms with E-state index in [-0.39, 0.29) is 43.2 Å². The highest BCUT2D eigenvalue weighted by molar-refractivity contribution is 5.87. The highest BCUT2D eigenvalue weighted by Gasteiger charge is 2.39. The third kappa shape index (κ3) is 6.54. The van der Waals surface area contributed by atoms with E-state index < -0.39 is 23.6 Å². The summed E-state index contributed by atoms with van der Waals surface area (Å²) >= 11 is 0. The molecule has 3 aliphatic rings. The summed E-state index contributed by atoms with van der Waals surface area (Å²) in [5.41, 5.74) is -0.245. The molecule has 43 heavy (non-hydrogen) atoms. The molecule has 2 saturated heterocycles. The second kappa shape index (κ2) is 12.8. The summed E-state index contributed by atoms with van der Waals surface area (Å²) in [4.78, 5) is 29.3. The smallest absolute Gasteiger partial charge is 0.421 e. The van der Waals surface area contributed by atoms with E-state index in [1.807, 2.05) is 11.9 Å². The van der Waals surface area contributed by atoms with Gasteiger partial charge in [-0.15, -0.1) is 0 Å². The fourth-order valence-corrected chi connectivity index (χ4v) is 6.27. The van der Waals surface area contributed by atoms with Gasteiger partial charge in [0.05, 0.1) is 36.5 Å². The minimum absolute atomic E-state index is 0.00756. The maximum absolute atomic E-state index is 14.5. The number of halogens is 4. The number of carbonyl (C=O) groups excluding carboxylic acids is 1. The number of hydrogen-bond donors (Lipinski definition) is 0. The third-order valence-electron chi connectivity index (χ3n) is 8.50. The van der Waals surface area contributed by atoms with E-state index >= 15 is 0 Å². The van der Waals surface area contributed by atoms with Crippen molar-refractivity contribution in [3.05, 3.63) is 53.5 Å². The predicted octanol–water partition coefficient (Wildman–Crippen LogP) is 4.18. The van der Waals surface area contributed by atoms with Crippen LogP contribution in [-0.2, 0) is 23.9 Å². The number of rotatable bonds is 7. The van der Waals surface area contributed by atoms with Crippen molar-refractivity contribution in [1.82, 2.24) is 19.8 Å². The Morgan fingerprint density at radius 3 is 2.67 bits per heavy atom. The lowest BCUT2D eigenvalue weighted by Gasteiger charge is -2.41. The Balaban J connectivity index is 1.52. The van der Waals surface area contributed by atoms with Crippen LogP contribution in [-0.4, -0.2) is 84.1 Å². The molecule has 5 rings (SSSR count). The fourth-order valence-electron chi connectivity index (χ4n) is 6.27. The third-order valence-corrected chi connectivity index (χ3v) is 8.50. The quantitative estimate of drug-likeness (QED) is 0.345. The number of carbonyl (C=O) groups is 1. The first-order chi connectivity index (χ1) is 20.6. The van der Waals surface area contributed by atoms with Crippen LogP contribution in [0.4, 0.5) is 29.1 Å². The number of likely N-dealkylation sites (N-methyl/N-ethyl adjacent to an activating group) is 1. The predicted molar refractivity (Wildman–Crippen MR) is 152 cm³/mol. The van der Waals surface area contributed by atoms with Gasteiger partial charge in [0.25, 0.3) is 0 Å². The van der Waals surface area contributed by atoms with Crippen LogP contribution in [0.2, 0.25) is 0 Å². The first-order valence-electron chi connectivity index (χ1n) is 14.5. The summed E-state index contributed by atoms with van der Waals surface area (Å²) in [6, 6.07) is 5.46. The molecule has 0 spiro atoms. The van der Waals surface area contributed by atoms with Crippen molar-refractivity contribution >= 4 is 17.4 Å². The van der Waals surface area contributed by atoms with Crippen molar-refractivity contribution in [1.29, 1.82) is 5.26 Å². The van der Waals surface area contributed by atoms with Gasteiger partial charge in [0.1, 0.15) is 23.8 Å². The summed E-state index contributed by atoms with van der Waals surface area (Å²) in [6.45, 7) is 6.28. The molecule has 1 amide bonds. The lowest BCUT2D eigenvalue weighted by atomic mass is 10.1. The van der Waals surface area contributed by atoms with Gasteiger partial charge in [-0.1, -0.05) is 12.6 Å². The van der Waals surface area contributed by atoms with Gasteiger partial charge in [-0.05, 0) is 57.5 Å². The van der Waals surface area contributed by atoms with E-state index in [1.54, 1.807) is 4.90 Å². The highest BCUT2D eigenvalue weighted by Crippen LogP contribution is 2.40. The van der Waals surface area contributed by atoms with Crippen LogP contribution < -0.4 is 14.5 Å². The van der Waals surface area contributed by atoms with E-state index in [2.05, 4.69) is 17.5 Å². The molecule has 0 bridgehead atoms. The number of amides is 1. The second-order valence-corrected chi connectivity index (χ2v) is 11.2. The van der Waals surface area contributed by atoms with Crippen LogP contribution in [0, 0.1) is 17.1 Å². The Hall–Kier alpha value is -3.92. The molecule has 0 N–H and O–H groups in total. The minimum Gasteiger partial charge on any atom is -0.462 e. The Morgan fingerprint density at radius 1 is 1.16 bits per heavy atom. The maximum Gasteiger partial charge on any atom is 0.421 e. The van der Waals surface area contributed by atoms with E-state index in [9.17, 15) is 27.6 Å². The van der Waals surface area contributed by atoms with Crippen LogP contribution in [0.15, 0.2) is 30.9 Å². The first kappa shape index (κ1) is 30.5. The summed E-state index contributed by atoms with van der Waals surface area (Å²) in [5, 5.41) is 9.46. The molecular formula is C30H35F4N7O2. The van der Waals surface area contributed by atoms with Crippen molar-refractivity contribution in [3.63, 3.8) is 0 Å². The van der Waals surface area contributed by atoms with Crippen molar-refractivity contribution in [2.75, 3.05) is 56.2 Å². The first-order valence-corrected chi connectivity index (χ1v) is 14.5. The molecular weight excluding hydrogens is 566 g/mol. The Morgan fingerprint density at radius 2 is 1.98 bits per heavy atom. The van der Waals surface area contributed by atoms with Crippen LogP contribution in [0.25, 0.3) is 0 Å². The molecule has 9 nitrogen and oxygen atoms in total. The van der Waals surface area contributed by atoms with Crippen LogP contribution in [0.5, 0.6) is 6.01 Å². The summed E-state index contributed by atoms with van der Waals surface area (Å²) in [6.07, 6.45) is -0.519. The highest BCUT2D eigenvalue weighted by atomic mass is 19.4. The van der Waals surface area contributed by atoms with Crippen LogP contribution in [0.1, 0.15) is 42.5 Å². The van der Waals surface area contributed by atoms with Crippen molar-refractivity contribution in [2.45, 2.75) is 56.9 Å². The molecule has 1 aromatic carbocycles. The van der Waals surface area contributed by atoms with Gasteiger partial charge in [-0.2, -0.15) is 28.4 Å². The molecule has 0 aliphatic carbocycles. The van der Waals surface area contributed by atoms with Crippen LogP contribution >= 0.6 is 0 Å². The molecule has 2 fully saturated rings. The number of aromatic nitrogens is 2. The number of fused-ring (bicyclic) bond motifs is 1. The molecule has 0 radical (unpaired) electrons. The van der Waals surface area contributed by atoms with E-state index in [4.69, 9.17) is 14.7 Å². The molecule has 230 valence electrons. The lowest BCUT2D eigenvalue weighted by Crippen LogP contribution is -2.55. The largest absolute Gasteiger partial charge is 0.462 e. The zero-order valence-electron chi connectivity index (χ0n) is 24.1. The second-order valence-electron chi connectivity index (χ2n) is 11.2. The summed E-state index contributed by atoms with van der Waals surface area (Å²) < 4.78 is 62.5. The van der Waals surface area contributed by atoms with Crippen molar-refractivity contribution in [3.8, 4) is 12.1 Å². The fraction of sp³-hybridized carbons (Fsp3) is 0.533. The molecule has 0 saturated carbocycles. The van der Waals surface area contributed by atoms with Gasteiger partial charge >= 0.3 is 12.2 Å². The number of nitrogens with zero attached hydrogens (tertiary/aromatic N) is 7. The van der Waals surface area contributed by atoms with E-state index in [0.717, 1.165) is 31.0 Å². The molecule has 13 heteroatoms. The van der Waals surface area contributed by atoms with E-state index in [1.165, 1.54) is 23.1 Å². The number of ether oxygens (including phenoxy) is 1. The standard InChI is InChI=1S/C30H35F4N7O2/c1-3-26(42)41-16-15-40(17-20(41)11-12-35)28-22-8-6-14-39(25-10-4-9-23(31)27(25)30(32,33)34)18-24(22)36-29(37-28)43-19-21-7-5-13-38(21)2/h3-4,9-10,20-21H,1,5-8,11,13-19H2,2H3/t20-,21-/m0/s1. The molecule has 2 aromatic rings. The number of alkyl halides is 3. The van der Waals surface area contributed by atoms with Gasteiger partial charge in [-0.25, -0.2) is 4.39 Å². The number of benzene rings is 1. The Bertz CT molecular complexity index is 1400. The monoisotopic (exact) mass is 601 g/mol. The molecule has 0 unspecified atom stereocenters. The average molecular weight is 602 g/mol. The minimum atomic E-state index is -4.87. The Kier molecular flexibility index (Phi) is 9.05. The van der Waals surface area contributed by atoms with Crippen molar-refractivity contribution in [2.24, 2.45) is 0 Å².